The molecular formula is C46H60N14O3. The van der Waals surface area contributed by atoms with Gasteiger partial charge in [0.25, 0.3) is 0 Å². The molecule has 0 radical (unpaired) electrons. The summed E-state index contributed by atoms with van der Waals surface area (Å²) in [6.07, 6.45) is 5.69. The molecule has 4 aliphatic rings. The van der Waals surface area contributed by atoms with Crippen molar-refractivity contribution in [1.29, 1.82) is 0 Å². The molecule has 6 aromatic rings. The van der Waals surface area contributed by atoms with Gasteiger partial charge in [-0.1, -0.05) is 36.4 Å². The summed E-state index contributed by atoms with van der Waals surface area (Å²) in [7, 11) is 7.90. The van der Waals surface area contributed by atoms with Gasteiger partial charge in [-0.25, -0.2) is 38.7 Å². The highest BCUT2D eigenvalue weighted by Gasteiger charge is 2.34. The smallest absolute Gasteiger partial charge is 0.331 e. The molecule has 2 amide bonds. The van der Waals surface area contributed by atoms with Crippen LogP contribution in [0.4, 0.5) is 33.1 Å². The molecule has 0 saturated carbocycles. The number of carbonyl (C=O) groups is 2. The summed E-state index contributed by atoms with van der Waals surface area (Å²) in [4.78, 5) is 62.4. The van der Waals surface area contributed by atoms with E-state index < -0.39 is 0 Å². The van der Waals surface area contributed by atoms with Gasteiger partial charge in [-0.15, -0.1) is 0 Å². The van der Waals surface area contributed by atoms with Crippen molar-refractivity contribution >= 4 is 57.7 Å². The number of para-hydroxylation sites is 4. The Morgan fingerprint density at radius 2 is 0.889 bits per heavy atom. The van der Waals surface area contributed by atoms with Gasteiger partial charge in [-0.05, 0) is 61.4 Å². The molecule has 63 heavy (non-hydrogen) atoms. The second-order valence-corrected chi connectivity index (χ2v) is 16.9. The third-order valence-electron chi connectivity index (χ3n) is 13.1. The highest BCUT2D eigenvalue weighted by atomic mass is 16.2. The van der Waals surface area contributed by atoms with Crippen LogP contribution in [0.5, 0.6) is 0 Å². The Bertz CT molecular complexity index is 2290. The highest BCUT2D eigenvalue weighted by Crippen LogP contribution is 2.29. The van der Waals surface area contributed by atoms with Crippen molar-refractivity contribution in [1.82, 2.24) is 48.7 Å². The molecule has 2 saturated heterocycles. The molecule has 10 rings (SSSR count). The van der Waals surface area contributed by atoms with Gasteiger partial charge < -0.3 is 34.9 Å². The van der Waals surface area contributed by atoms with Crippen LogP contribution in [0.3, 0.4) is 0 Å². The minimum Gasteiger partial charge on any atom is -0.412 e. The molecule has 0 aliphatic carbocycles. The van der Waals surface area contributed by atoms with Crippen molar-refractivity contribution in [3.63, 3.8) is 0 Å². The lowest BCUT2D eigenvalue weighted by Crippen LogP contribution is -2.48. The number of fused-ring (bicyclic) bond motifs is 6. The third kappa shape index (κ3) is 8.99. The SMILES string of the molecule is CN1CC(CCN2CCN(c3ccccn3)CC2)N(C)c2nc3ccccc3n2C1=O.CN1CC(CCN2CCN(c3ccccn3)CC2)N(C)c2nc3ccccc3n2C1=O.O. The van der Waals surface area contributed by atoms with Gasteiger partial charge in [0.05, 0.1) is 34.2 Å². The number of pyridine rings is 2. The predicted octanol–water partition coefficient (Wildman–Crippen LogP) is 3.90. The normalized spacial score (nSPS) is 19.9. The fraction of sp³-hybridized carbons (Fsp3) is 0.435. The molecule has 17 heteroatoms. The number of likely N-dealkylation sites (N-methyl/N-ethyl adjacent to an activating group) is 4. The Morgan fingerprint density at radius 1 is 0.508 bits per heavy atom. The van der Waals surface area contributed by atoms with Gasteiger partial charge in [0.15, 0.2) is 0 Å². The second kappa shape index (κ2) is 19.0. The van der Waals surface area contributed by atoms with Crippen LogP contribution < -0.4 is 19.6 Å². The molecular weight excluding hydrogens is 797 g/mol. The number of nitrogens with zero attached hydrogens (tertiary/aromatic N) is 14. The summed E-state index contributed by atoms with van der Waals surface area (Å²) in [6.45, 7) is 11.5. The van der Waals surface area contributed by atoms with Gasteiger partial charge in [0.1, 0.15) is 11.6 Å². The number of hydrogen-bond donors (Lipinski definition) is 0. The first kappa shape index (κ1) is 43.4. The van der Waals surface area contributed by atoms with Crippen molar-refractivity contribution in [2.45, 2.75) is 24.9 Å². The number of hydrogen-bond acceptors (Lipinski definition) is 12. The van der Waals surface area contributed by atoms with E-state index in [1.54, 1.807) is 9.13 Å². The van der Waals surface area contributed by atoms with Crippen LogP contribution in [0.15, 0.2) is 97.3 Å². The number of imidazole rings is 2. The molecule has 2 unspecified atom stereocenters. The van der Waals surface area contributed by atoms with Crippen molar-refractivity contribution in [3.8, 4) is 0 Å². The van der Waals surface area contributed by atoms with Gasteiger partial charge in [-0.3, -0.25) is 9.80 Å². The molecule has 2 fully saturated rings. The minimum atomic E-state index is -0.0120. The Balaban J connectivity index is 0.000000170. The molecule has 17 nitrogen and oxygen atoms in total. The zero-order valence-corrected chi connectivity index (χ0v) is 36.9. The molecule has 8 heterocycles. The maximum absolute atomic E-state index is 13.1. The van der Waals surface area contributed by atoms with Crippen molar-refractivity contribution in [2.24, 2.45) is 0 Å². The first-order valence-electron chi connectivity index (χ1n) is 21.9. The number of rotatable bonds is 8. The first-order valence-corrected chi connectivity index (χ1v) is 21.9. The van der Waals surface area contributed by atoms with E-state index in [-0.39, 0.29) is 29.6 Å². The topological polar surface area (TPSA) is 153 Å². The van der Waals surface area contributed by atoms with Gasteiger partial charge in [0.2, 0.25) is 11.9 Å². The quantitative estimate of drug-likeness (QED) is 0.218. The Labute approximate surface area is 369 Å². The zero-order chi connectivity index (χ0) is 42.7. The van der Waals surface area contributed by atoms with Crippen molar-refractivity contribution in [2.75, 3.05) is 126 Å². The largest absolute Gasteiger partial charge is 0.412 e. The number of benzene rings is 2. The first-order chi connectivity index (χ1) is 30.2. The minimum absolute atomic E-state index is 0. The lowest BCUT2D eigenvalue weighted by Gasteiger charge is -2.37. The zero-order valence-electron chi connectivity index (χ0n) is 36.9. The molecule has 2 aromatic carbocycles. The number of amides is 2. The average molecular weight is 857 g/mol. The molecule has 4 aromatic heterocycles. The fourth-order valence-electron chi connectivity index (χ4n) is 9.29. The van der Waals surface area contributed by atoms with Crippen LogP contribution in [0.25, 0.3) is 22.1 Å². The maximum Gasteiger partial charge on any atom is 0.331 e. The number of aromatic nitrogens is 6. The molecule has 0 spiro atoms. The lowest BCUT2D eigenvalue weighted by atomic mass is 10.1. The Kier molecular flexibility index (Phi) is 13.1. The van der Waals surface area contributed by atoms with Gasteiger partial charge >= 0.3 is 12.1 Å². The summed E-state index contributed by atoms with van der Waals surface area (Å²) in [6, 6.07) is 28.3. The van der Waals surface area contributed by atoms with Crippen LogP contribution in [0.1, 0.15) is 12.8 Å². The predicted molar refractivity (Wildman–Crippen MR) is 249 cm³/mol. The van der Waals surface area contributed by atoms with Crippen molar-refractivity contribution < 1.29 is 15.1 Å². The lowest BCUT2D eigenvalue weighted by molar-refractivity contribution is 0.206. The van der Waals surface area contributed by atoms with E-state index in [1.807, 2.05) is 109 Å². The standard InChI is InChI=1S/2C23H29N7O.H2O/c2*1-26-17-18(10-12-28-13-15-29(16-14-28)21-9-5-6-11-24-21)27(2)22-25-19-7-3-4-8-20(19)30(22)23(26)31;/h2*3-9,11,18H,10,12-17H2,1-2H3;1H2. The average Bonchev–Trinajstić information content (AvgIpc) is 3.87. The second-order valence-electron chi connectivity index (χ2n) is 16.9. The number of anilines is 4. The fourth-order valence-corrected chi connectivity index (χ4v) is 9.29. The summed E-state index contributed by atoms with van der Waals surface area (Å²) >= 11 is 0. The summed E-state index contributed by atoms with van der Waals surface area (Å²) in [5.41, 5.74) is 3.45. The van der Waals surface area contributed by atoms with E-state index in [2.05, 4.69) is 65.6 Å². The summed E-state index contributed by atoms with van der Waals surface area (Å²) < 4.78 is 3.50. The number of piperazine rings is 2. The van der Waals surface area contributed by atoms with E-state index in [0.29, 0.717) is 13.1 Å². The van der Waals surface area contributed by atoms with Crippen LogP contribution in [0, 0.1) is 0 Å². The Hall–Kier alpha value is -6.30. The van der Waals surface area contributed by atoms with E-state index >= 15 is 0 Å². The summed E-state index contributed by atoms with van der Waals surface area (Å²) in [5, 5.41) is 0. The monoisotopic (exact) mass is 856 g/mol. The molecule has 2 atom stereocenters. The molecule has 0 bridgehead atoms. The van der Waals surface area contributed by atoms with Gasteiger partial charge in [-0.2, -0.15) is 0 Å². The molecule has 2 N–H and O–H groups in total. The van der Waals surface area contributed by atoms with Gasteiger partial charge in [0, 0.05) is 119 Å². The van der Waals surface area contributed by atoms with Crippen LogP contribution in [-0.4, -0.2) is 185 Å². The Morgan fingerprint density at radius 3 is 1.27 bits per heavy atom. The van der Waals surface area contributed by atoms with E-state index in [9.17, 15) is 9.59 Å². The van der Waals surface area contributed by atoms with Crippen LogP contribution in [-0.2, 0) is 0 Å². The highest BCUT2D eigenvalue weighted by molar-refractivity contribution is 5.94. The van der Waals surface area contributed by atoms with Crippen LogP contribution in [0.2, 0.25) is 0 Å². The molecule has 332 valence electrons. The van der Waals surface area contributed by atoms with E-state index in [4.69, 9.17) is 9.97 Å². The third-order valence-corrected chi connectivity index (χ3v) is 13.1. The maximum atomic E-state index is 13.1. The van der Waals surface area contributed by atoms with E-state index in [1.165, 1.54) is 0 Å². The van der Waals surface area contributed by atoms with E-state index in [0.717, 1.165) is 124 Å². The summed E-state index contributed by atoms with van der Waals surface area (Å²) in [5.74, 6) is 3.59. The number of carbonyl (C=O) groups excluding carboxylic acids is 2. The van der Waals surface area contributed by atoms with Crippen molar-refractivity contribution in [3.05, 3.63) is 97.3 Å². The van der Waals surface area contributed by atoms with Crippen LogP contribution >= 0.6 is 0 Å². The molecule has 4 aliphatic heterocycles.